The number of methoxy groups -OCH3 is 2. The van der Waals surface area contributed by atoms with Crippen molar-refractivity contribution in [1.82, 2.24) is 9.55 Å². The van der Waals surface area contributed by atoms with Crippen molar-refractivity contribution in [3.63, 3.8) is 0 Å². The molecule has 6 heteroatoms. The molecule has 1 aromatic heterocycles. The molecule has 0 unspecified atom stereocenters. The second-order valence-electron chi connectivity index (χ2n) is 4.99. The van der Waals surface area contributed by atoms with E-state index in [2.05, 4.69) is 20.9 Å². The first-order valence-corrected chi connectivity index (χ1v) is 7.78. The first-order chi connectivity index (χ1) is 11.1. The Morgan fingerprint density at radius 1 is 1.13 bits per heavy atom. The molecule has 23 heavy (non-hydrogen) atoms. The SMILES string of the molecule is COc1cc(Br)c(Cn2cnc3ccccc3c2=O)cc1OC. The quantitative estimate of drug-likeness (QED) is 0.703. The molecular weight excluding hydrogens is 360 g/mol. The smallest absolute Gasteiger partial charge is 0.261 e. The molecule has 0 N–H and O–H groups in total. The van der Waals surface area contributed by atoms with Crippen molar-refractivity contribution >= 4 is 26.8 Å². The van der Waals surface area contributed by atoms with Crippen LogP contribution < -0.4 is 15.0 Å². The molecule has 0 atom stereocenters. The lowest BCUT2D eigenvalue weighted by Gasteiger charge is -2.13. The van der Waals surface area contributed by atoms with E-state index >= 15 is 0 Å². The molecule has 0 spiro atoms. The minimum Gasteiger partial charge on any atom is -0.493 e. The maximum absolute atomic E-state index is 12.6. The number of hydrogen-bond donors (Lipinski definition) is 0. The standard InChI is InChI=1S/C17H15BrN2O3/c1-22-15-7-11(13(18)8-16(15)23-2)9-20-10-19-14-6-4-3-5-12(14)17(20)21/h3-8,10H,9H2,1-2H3. The van der Waals surface area contributed by atoms with E-state index in [4.69, 9.17) is 9.47 Å². The highest BCUT2D eigenvalue weighted by molar-refractivity contribution is 9.10. The Morgan fingerprint density at radius 2 is 1.83 bits per heavy atom. The van der Waals surface area contributed by atoms with Crippen LogP contribution in [0, 0.1) is 0 Å². The van der Waals surface area contributed by atoms with E-state index in [1.165, 1.54) is 0 Å². The minimum atomic E-state index is -0.0720. The van der Waals surface area contributed by atoms with Crippen LogP contribution in [0.4, 0.5) is 0 Å². The van der Waals surface area contributed by atoms with Gasteiger partial charge in [0.15, 0.2) is 11.5 Å². The summed E-state index contributed by atoms with van der Waals surface area (Å²) < 4.78 is 13.0. The molecule has 0 saturated heterocycles. The molecule has 0 fully saturated rings. The van der Waals surface area contributed by atoms with Crippen LogP contribution in [0.1, 0.15) is 5.56 Å². The summed E-state index contributed by atoms with van der Waals surface area (Å²) in [6.45, 7) is 0.387. The molecule has 0 radical (unpaired) electrons. The third kappa shape index (κ3) is 2.94. The summed E-state index contributed by atoms with van der Waals surface area (Å²) >= 11 is 3.51. The van der Waals surface area contributed by atoms with E-state index in [-0.39, 0.29) is 5.56 Å². The van der Waals surface area contributed by atoms with E-state index < -0.39 is 0 Å². The fourth-order valence-electron chi connectivity index (χ4n) is 2.42. The second kappa shape index (κ2) is 6.42. The van der Waals surface area contributed by atoms with Gasteiger partial charge in [0.25, 0.3) is 5.56 Å². The van der Waals surface area contributed by atoms with Crippen LogP contribution >= 0.6 is 15.9 Å². The molecule has 3 aromatic rings. The average molecular weight is 375 g/mol. The van der Waals surface area contributed by atoms with Gasteiger partial charge in [-0.2, -0.15) is 0 Å². The number of fused-ring (bicyclic) bond motifs is 1. The summed E-state index contributed by atoms with van der Waals surface area (Å²) in [5.74, 6) is 1.25. The zero-order chi connectivity index (χ0) is 16.4. The van der Waals surface area contributed by atoms with E-state index in [9.17, 15) is 4.79 Å². The number of nitrogens with zero attached hydrogens (tertiary/aromatic N) is 2. The number of para-hydroxylation sites is 1. The van der Waals surface area contributed by atoms with Gasteiger partial charge in [-0.05, 0) is 29.8 Å². The molecule has 2 aromatic carbocycles. The van der Waals surface area contributed by atoms with Gasteiger partial charge in [-0.1, -0.05) is 28.1 Å². The lowest BCUT2D eigenvalue weighted by molar-refractivity contribution is 0.354. The summed E-state index contributed by atoms with van der Waals surface area (Å²) in [5, 5.41) is 0.603. The third-order valence-corrected chi connectivity index (χ3v) is 4.36. The lowest BCUT2D eigenvalue weighted by Crippen LogP contribution is -2.21. The average Bonchev–Trinajstić information content (AvgIpc) is 2.58. The molecule has 0 aliphatic rings. The Morgan fingerprint density at radius 3 is 2.57 bits per heavy atom. The Balaban J connectivity index is 2.06. The van der Waals surface area contributed by atoms with Gasteiger partial charge < -0.3 is 9.47 Å². The molecule has 0 aliphatic carbocycles. The van der Waals surface area contributed by atoms with Crippen molar-refractivity contribution in [1.29, 1.82) is 0 Å². The van der Waals surface area contributed by atoms with Crippen LogP contribution in [0.15, 0.2) is 52.0 Å². The molecule has 0 amide bonds. The van der Waals surface area contributed by atoms with Crippen molar-refractivity contribution in [3.05, 3.63) is 63.1 Å². The predicted molar refractivity (Wildman–Crippen MR) is 92.4 cm³/mol. The van der Waals surface area contributed by atoms with Gasteiger partial charge >= 0.3 is 0 Å². The molecule has 1 heterocycles. The molecule has 118 valence electrons. The van der Waals surface area contributed by atoms with E-state index in [1.807, 2.05) is 30.3 Å². The fourth-order valence-corrected chi connectivity index (χ4v) is 2.87. The first-order valence-electron chi connectivity index (χ1n) is 6.98. The highest BCUT2D eigenvalue weighted by Gasteiger charge is 2.11. The first kappa shape index (κ1) is 15.6. The Hall–Kier alpha value is -2.34. The van der Waals surface area contributed by atoms with Gasteiger partial charge in [-0.25, -0.2) is 4.98 Å². The number of halogens is 1. The summed E-state index contributed by atoms with van der Waals surface area (Å²) in [4.78, 5) is 16.9. The zero-order valence-electron chi connectivity index (χ0n) is 12.7. The lowest BCUT2D eigenvalue weighted by atomic mass is 10.2. The molecule has 0 saturated carbocycles. The van der Waals surface area contributed by atoms with Crippen molar-refractivity contribution in [3.8, 4) is 11.5 Å². The molecule has 3 rings (SSSR count). The van der Waals surface area contributed by atoms with Gasteiger partial charge in [0.2, 0.25) is 0 Å². The van der Waals surface area contributed by atoms with Crippen LogP contribution in [0.25, 0.3) is 10.9 Å². The van der Waals surface area contributed by atoms with E-state index in [0.717, 1.165) is 10.0 Å². The van der Waals surface area contributed by atoms with Gasteiger partial charge in [-0.3, -0.25) is 9.36 Å². The summed E-state index contributed by atoms with van der Waals surface area (Å²) in [5.41, 5.74) is 1.53. The van der Waals surface area contributed by atoms with Crippen LogP contribution in [0.3, 0.4) is 0 Å². The number of benzene rings is 2. The zero-order valence-corrected chi connectivity index (χ0v) is 14.3. The van der Waals surface area contributed by atoms with Gasteiger partial charge in [0.1, 0.15) is 0 Å². The van der Waals surface area contributed by atoms with Crippen molar-refractivity contribution in [2.75, 3.05) is 14.2 Å². The molecule has 0 aliphatic heterocycles. The maximum Gasteiger partial charge on any atom is 0.261 e. The molecule has 0 bridgehead atoms. The summed E-state index contributed by atoms with van der Waals surface area (Å²) in [7, 11) is 3.17. The number of ether oxygens (including phenoxy) is 2. The van der Waals surface area contributed by atoms with E-state index in [1.54, 1.807) is 31.2 Å². The highest BCUT2D eigenvalue weighted by atomic mass is 79.9. The van der Waals surface area contributed by atoms with Crippen LogP contribution in [-0.4, -0.2) is 23.8 Å². The number of hydrogen-bond acceptors (Lipinski definition) is 4. The Bertz CT molecular complexity index is 921. The molecular formula is C17H15BrN2O3. The van der Waals surface area contributed by atoms with Crippen molar-refractivity contribution < 1.29 is 9.47 Å². The van der Waals surface area contributed by atoms with Crippen LogP contribution in [0.2, 0.25) is 0 Å². The molecule has 5 nitrogen and oxygen atoms in total. The monoisotopic (exact) mass is 374 g/mol. The normalized spacial score (nSPS) is 10.7. The van der Waals surface area contributed by atoms with Crippen molar-refractivity contribution in [2.45, 2.75) is 6.54 Å². The van der Waals surface area contributed by atoms with E-state index in [0.29, 0.717) is 28.9 Å². The second-order valence-corrected chi connectivity index (χ2v) is 5.85. The summed E-state index contributed by atoms with van der Waals surface area (Å²) in [6, 6.07) is 11.0. The number of aromatic nitrogens is 2. The predicted octanol–water partition coefficient (Wildman–Crippen LogP) is 3.22. The van der Waals surface area contributed by atoms with Crippen molar-refractivity contribution in [2.24, 2.45) is 0 Å². The minimum absolute atomic E-state index is 0.0720. The number of rotatable bonds is 4. The van der Waals surface area contributed by atoms with Gasteiger partial charge in [-0.15, -0.1) is 0 Å². The van der Waals surface area contributed by atoms with Crippen LogP contribution in [-0.2, 0) is 6.54 Å². The largest absolute Gasteiger partial charge is 0.493 e. The maximum atomic E-state index is 12.6. The van der Waals surface area contributed by atoms with Crippen LogP contribution in [0.5, 0.6) is 11.5 Å². The topological polar surface area (TPSA) is 53.4 Å². The summed E-state index contributed by atoms with van der Waals surface area (Å²) in [6.07, 6.45) is 1.56. The van der Waals surface area contributed by atoms with Gasteiger partial charge in [0, 0.05) is 4.47 Å². The Labute approximate surface area is 141 Å². The van der Waals surface area contributed by atoms with Gasteiger partial charge in [0.05, 0.1) is 38.0 Å². The third-order valence-electron chi connectivity index (χ3n) is 3.62. The fraction of sp³-hybridized carbons (Fsp3) is 0.176. The Kier molecular flexibility index (Phi) is 4.34. The highest BCUT2D eigenvalue weighted by Crippen LogP contribution is 2.33.